The number of anilines is 3. The second-order valence-corrected chi connectivity index (χ2v) is 4.45. The Balaban J connectivity index is 2.29. The van der Waals surface area contributed by atoms with Crippen LogP contribution in [0, 0.1) is 10.1 Å². The lowest BCUT2D eigenvalue weighted by molar-refractivity contribution is -0.384. The molecule has 0 aliphatic carbocycles. The minimum atomic E-state index is -0.449. The first-order valence-corrected chi connectivity index (χ1v) is 6.39. The third-order valence-corrected chi connectivity index (χ3v) is 2.75. The number of benzene rings is 1. The lowest BCUT2D eigenvalue weighted by Crippen LogP contribution is -2.03. The van der Waals surface area contributed by atoms with Crippen LogP contribution in [-0.2, 0) is 0 Å². The molecule has 0 fully saturated rings. The number of nitrogens with zero attached hydrogens (tertiary/aromatic N) is 2. The highest BCUT2D eigenvalue weighted by molar-refractivity contribution is 6.30. The Labute approximate surface area is 120 Å². The maximum atomic E-state index is 10.9. The number of hydrogen-bond donors (Lipinski definition) is 2. The Bertz CT molecular complexity index is 616. The van der Waals surface area contributed by atoms with Crippen LogP contribution in [0.3, 0.4) is 0 Å². The van der Waals surface area contributed by atoms with Gasteiger partial charge in [0.25, 0.3) is 5.69 Å². The summed E-state index contributed by atoms with van der Waals surface area (Å²) in [6.07, 6.45) is 0. The molecule has 1 heterocycles. The van der Waals surface area contributed by atoms with Gasteiger partial charge in [0.15, 0.2) is 0 Å². The van der Waals surface area contributed by atoms with Gasteiger partial charge in [0.1, 0.15) is 11.6 Å². The Kier molecular flexibility index (Phi) is 4.37. The van der Waals surface area contributed by atoms with E-state index in [9.17, 15) is 10.1 Å². The molecule has 0 saturated heterocycles. The predicted octanol–water partition coefficient (Wildman–Crippen LogP) is 3.82. The molecule has 0 amide bonds. The van der Waals surface area contributed by atoms with E-state index in [0.717, 1.165) is 5.69 Å². The van der Waals surface area contributed by atoms with Crippen LogP contribution >= 0.6 is 11.6 Å². The predicted molar refractivity (Wildman–Crippen MR) is 79.8 cm³/mol. The fourth-order valence-corrected chi connectivity index (χ4v) is 1.76. The van der Waals surface area contributed by atoms with Crippen molar-refractivity contribution in [3.05, 3.63) is 51.5 Å². The highest BCUT2D eigenvalue weighted by Crippen LogP contribution is 2.24. The van der Waals surface area contributed by atoms with E-state index in [1.165, 1.54) is 12.1 Å². The standard InChI is InChI=1S/C13H13ClN4O2/c1-2-15-12-7-11(18(19)20)8-13(17-12)16-10-5-3-9(14)4-6-10/h3-8H,2H2,1H3,(H2,15,16,17). The number of rotatable bonds is 5. The molecule has 20 heavy (non-hydrogen) atoms. The van der Waals surface area contributed by atoms with Gasteiger partial charge in [-0.1, -0.05) is 11.6 Å². The average Bonchev–Trinajstić information content (AvgIpc) is 2.41. The molecule has 1 aromatic carbocycles. The van der Waals surface area contributed by atoms with Crippen LogP contribution < -0.4 is 10.6 Å². The number of halogens is 1. The molecule has 2 N–H and O–H groups in total. The van der Waals surface area contributed by atoms with E-state index in [1.54, 1.807) is 24.3 Å². The molecule has 1 aromatic heterocycles. The SMILES string of the molecule is CCNc1cc([N+](=O)[O-])cc(Nc2ccc(Cl)cc2)n1. The average molecular weight is 293 g/mol. The molecular weight excluding hydrogens is 280 g/mol. The van der Waals surface area contributed by atoms with Gasteiger partial charge in [0, 0.05) is 17.3 Å². The monoisotopic (exact) mass is 292 g/mol. The van der Waals surface area contributed by atoms with E-state index in [4.69, 9.17) is 11.6 Å². The van der Waals surface area contributed by atoms with Crippen molar-refractivity contribution in [2.75, 3.05) is 17.2 Å². The van der Waals surface area contributed by atoms with E-state index >= 15 is 0 Å². The number of pyridine rings is 1. The summed E-state index contributed by atoms with van der Waals surface area (Å²) in [6, 6.07) is 9.79. The van der Waals surface area contributed by atoms with Gasteiger partial charge in [-0.05, 0) is 31.2 Å². The van der Waals surface area contributed by atoms with Crippen LogP contribution in [0.4, 0.5) is 23.0 Å². The van der Waals surface area contributed by atoms with Crippen molar-refractivity contribution in [2.24, 2.45) is 0 Å². The molecule has 0 spiro atoms. The Morgan fingerprint density at radius 2 is 1.90 bits per heavy atom. The molecule has 7 heteroatoms. The highest BCUT2D eigenvalue weighted by Gasteiger charge is 2.11. The minimum Gasteiger partial charge on any atom is -0.370 e. The molecule has 0 bridgehead atoms. The van der Waals surface area contributed by atoms with Gasteiger partial charge in [-0.3, -0.25) is 10.1 Å². The van der Waals surface area contributed by atoms with E-state index in [0.29, 0.717) is 23.2 Å². The molecule has 104 valence electrons. The largest absolute Gasteiger partial charge is 0.370 e. The number of nitro groups is 1. The fourth-order valence-electron chi connectivity index (χ4n) is 1.64. The summed E-state index contributed by atoms with van der Waals surface area (Å²) in [5.41, 5.74) is 0.734. The van der Waals surface area contributed by atoms with Crippen molar-refractivity contribution in [2.45, 2.75) is 6.92 Å². The Morgan fingerprint density at radius 1 is 1.25 bits per heavy atom. The molecule has 0 radical (unpaired) electrons. The maximum absolute atomic E-state index is 10.9. The van der Waals surface area contributed by atoms with Crippen LogP contribution in [0.5, 0.6) is 0 Å². The second kappa shape index (κ2) is 6.21. The van der Waals surface area contributed by atoms with Crippen LogP contribution in [0.2, 0.25) is 5.02 Å². The quantitative estimate of drug-likeness (QED) is 0.647. The molecule has 0 unspecified atom stereocenters. The second-order valence-electron chi connectivity index (χ2n) is 4.02. The first-order chi connectivity index (χ1) is 9.58. The van der Waals surface area contributed by atoms with E-state index in [1.807, 2.05) is 6.92 Å². The van der Waals surface area contributed by atoms with Crippen LogP contribution in [0.25, 0.3) is 0 Å². The zero-order chi connectivity index (χ0) is 14.5. The number of hydrogen-bond acceptors (Lipinski definition) is 5. The van der Waals surface area contributed by atoms with Crippen LogP contribution in [-0.4, -0.2) is 16.5 Å². The van der Waals surface area contributed by atoms with Crippen molar-refractivity contribution in [1.82, 2.24) is 4.98 Å². The molecule has 6 nitrogen and oxygen atoms in total. The fraction of sp³-hybridized carbons (Fsp3) is 0.154. The molecule has 2 rings (SSSR count). The van der Waals surface area contributed by atoms with Crippen LogP contribution in [0.1, 0.15) is 6.92 Å². The Hall–Kier alpha value is -2.34. The number of aromatic nitrogens is 1. The van der Waals surface area contributed by atoms with Crippen molar-refractivity contribution in [1.29, 1.82) is 0 Å². The van der Waals surface area contributed by atoms with E-state index in [-0.39, 0.29) is 5.69 Å². The summed E-state index contributed by atoms with van der Waals surface area (Å²) in [4.78, 5) is 14.7. The summed E-state index contributed by atoms with van der Waals surface area (Å²) in [5.74, 6) is 0.857. The Morgan fingerprint density at radius 3 is 2.50 bits per heavy atom. The first kappa shape index (κ1) is 14.1. The summed E-state index contributed by atoms with van der Waals surface area (Å²) >= 11 is 5.81. The number of nitrogens with one attached hydrogen (secondary N) is 2. The van der Waals surface area contributed by atoms with Gasteiger partial charge in [0.05, 0.1) is 17.1 Å². The van der Waals surface area contributed by atoms with E-state index < -0.39 is 4.92 Å². The normalized spacial score (nSPS) is 10.1. The van der Waals surface area contributed by atoms with Gasteiger partial charge in [-0.15, -0.1) is 0 Å². The summed E-state index contributed by atoms with van der Waals surface area (Å²) in [6.45, 7) is 2.53. The molecule has 0 aliphatic rings. The van der Waals surface area contributed by atoms with Gasteiger partial charge >= 0.3 is 0 Å². The zero-order valence-corrected chi connectivity index (χ0v) is 11.5. The highest BCUT2D eigenvalue weighted by atomic mass is 35.5. The summed E-state index contributed by atoms with van der Waals surface area (Å²) < 4.78 is 0. The maximum Gasteiger partial charge on any atom is 0.276 e. The minimum absolute atomic E-state index is 0.0209. The lowest BCUT2D eigenvalue weighted by Gasteiger charge is -2.08. The van der Waals surface area contributed by atoms with Gasteiger partial charge < -0.3 is 10.6 Å². The van der Waals surface area contributed by atoms with Crippen molar-refractivity contribution in [3.63, 3.8) is 0 Å². The van der Waals surface area contributed by atoms with Gasteiger partial charge in [0.2, 0.25) is 0 Å². The lowest BCUT2D eigenvalue weighted by atomic mass is 10.3. The molecule has 2 aromatic rings. The zero-order valence-electron chi connectivity index (χ0n) is 10.8. The van der Waals surface area contributed by atoms with Gasteiger partial charge in [-0.2, -0.15) is 0 Å². The van der Waals surface area contributed by atoms with Crippen molar-refractivity contribution in [3.8, 4) is 0 Å². The summed E-state index contributed by atoms with van der Waals surface area (Å²) in [5, 5.41) is 17.5. The van der Waals surface area contributed by atoms with E-state index in [2.05, 4.69) is 15.6 Å². The summed E-state index contributed by atoms with van der Waals surface area (Å²) in [7, 11) is 0. The molecule has 0 saturated carbocycles. The molecular formula is C13H13ClN4O2. The smallest absolute Gasteiger partial charge is 0.276 e. The first-order valence-electron chi connectivity index (χ1n) is 6.01. The topological polar surface area (TPSA) is 80.1 Å². The van der Waals surface area contributed by atoms with Crippen LogP contribution in [0.15, 0.2) is 36.4 Å². The molecule has 0 atom stereocenters. The van der Waals surface area contributed by atoms with Gasteiger partial charge in [-0.25, -0.2) is 4.98 Å². The third-order valence-electron chi connectivity index (χ3n) is 2.50. The molecule has 0 aliphatic heterocycles. The van der Waals surface area contributed by atoms with Crippen molar-refractivity contribution < 1.29 is 4.92 Å². The third kappa shape index (κ3) is 3.58. The van der Waals surface area contributed by atoms with Crippen molar-refractivity contribution >= 4 is 34.6 Å².